The van der Waals surface area contributed by atoms with Crippen LogP contribution < -0.4 is 10.6 Å². The molecule has 4 N–H and O–H groups in total. The minimum absolute atomic E-state index is 0.504. The minimum Gasteiger partial charge on any atom is -0.465 e. The van der Waals surface area contributed by atoms with Crippen LogP contribution >= 0.6 is 0 Å². The zero-order chi connectivity index (χ0) is 22.5. The van der Waals surface area contributed by atoms with Gasteiger partial charge in [-0.2, -0.15) is 0 Å². The average Bonchev–Trinajstić information content (AvgIpc) is 3.21. The number of H-pyrrole nitrogens is 1. The van der Waals surface area contributed by atoms with Crippen LogP contribution in [0, 0.1) is 6.92 Å². The Labute approximate surface area is 186 Å². The number of nitrogens with two attached hydrogens (primary N) is 1. The highest BCUT2D eigenvalue weighted by atomic mass is 16.4. The van der Waals surface area contributed by atoms with Gasteiger partial charge in [0.2, 0.25) is 0 Å². The number of rotatable bonds is 2. The lowest BCUT2D eigenvalue weighted by molar-refractivity contribution is 0.142. The SMILES string of the molecule is Cc1c[nH]c2ncnc(N3CCN(C(=O)O)CC3)c12.Nc1ccccc1-c1ccccc1. The van der Waals surface area contributed by atoms with Crippen LogP contribution in [-0.4, -0.2) is 57.2 Å². The topological polar surface area (TPSA) is 111 Å². The van der Waals surface area contributed by atoms with Crippen molar-refractivity contribution in [1.82, 2.24) is 19.9 Å². The summed E-state index contributed by atoms with van der Waals surface area (Å²) in [5.74, 6) is 0.883. The van der Waals surface area contributed by atoms with Crippen molar-refractivity contribution in [3.8, 4) is 11.1 Å². The number of piperazine rings is 1. The molecule has 0 unspecified atom stereocenters. The van der Waals surface area contributed by atoms with Crippen LogP contribution in [0.2, 0.25) is 0 Å². The third kappa shape index (κ3) is 4.49. The van der Waals surface area contributed by atoms with Crippen LogP contribution in [0.5, 0.6) is 0 Å². The van der Waals surface area contributed by atoms with Crippen LogP contribution in [0.15, 0.2) is 67.1 Å². The van der Waals surface area contributed by atoms with Gasteiger partial charge >= 0.3 is 6.09 Å². The number of nitrogens with one attached hydrogen (secondary N) is 1. The molecule has 0 aliphatic carbocycles. The van der Waals surface area contributed by atoms with Crippen LogP contribution in [0.25, 0.3) is 22.2 Å². The first kappa shape index (κ1) is 21.2. The fraction of sp³-hybridized carbons (Fsp3) is 0.208. The second-order valence-corrected chi connectivity index (χ2v) is 7.60. The number of aromatic nitrogens is 3. The molecule has 0 atom stereocenters. The number of nitrogens with zero attached hydrogens (tertiary/aromatic N) is 4. The lowest BCUT2D eigenvalue weighted by Crippen LogP contribution is -2.48. The van der Waals surface area contributed by atoms with Crippen LogP contribution in [0.1, 0.15) is 5.56 Å². The summed E-state index contributed by atoms with van der Waals surface area (Å²) in [5, 5.41) is 9.97. The number of aryl methyl sites for hydroxylation is 1. The van der Waals surface area contributed by atoms with E-state index >= 15 is 0 Å². The Bertz CT molecular complexity index is 1200. The molecule has 0 bridgehead atoms. The zero-order valence-electron chi connectivity index (χ0n) is 17.9. The summed E-state index contributed by atoms with van der Waals surface area (Å²) in [4.78, 5) is 26.1. The summed E-state index contributed by atoms with van der Waals surface area (Å²) >= 11 is 0. The fourth-order valence-corrected chi connectivity index (χ4v) is 3.82. The van der Waals surface area contributed by atoms with E-state index in [1.54, 1.807) is 0 Å². The molecule has 4 aromatic rings. The molecule has 1 aliphatic rings. The van der Waals surface area contributed by atoms with Gasteiger partial charge in [0.25, 0.3) is 0 Å². The molecular weight excluding hydrogens is 404 g/mol. The molecule has 1 aliphatic heterocycles. The number of nitrogen functional groups attached to an aromatic ring is 1. The van der Waals surface area contributed by atoms with Gasteiger partial charge in [-0.1, -0.05) is 48.5 Å². The van der Waals surface area contributed by atoms with E-state index in [0.717, 1.165) is 33.7 Å². The Hall–Kier alpha value is -4.07. The van der Waals surface area contributed by atoms with E-state index < -0.39 is 6.09 Å². The van der Waals surface area contributed by atoms with E-state index in [9.17, 15) is 4.79 Å². The first-order chi connectivity index (χ1) is 15.5. The van der Waals surface area contributed by atoms with Gasteiger partial charge in [0.05, 0.1) is 5.39 Å². The molecule has 2 aromatic heterocycles. The maximum absolute atomic E-state index is 10.9. The standard InChI is InChI=1S/C12H15N5O2.C12H11N/c1-8-6-13-10-9(8)11(15-7-14-10)16-2-4-17(5-3-16)12(18)19;13-12-9-5-4-8-11(12)10-6-2-1-3-7-10/h6-7H,2-5H2,1H3,(H,18,19)(H,13,14,15);1-9H,13H2. The van der Waals surface area contributed by atoms with Crippen molar-refractivity contribution in [3.05, 3.63) is 72.7 Å². The molecule has 5 rings (SSSR count). The monoisotopic (exact) mass is 430 g/mol. The van der Waals surface area contributed by atoms with Gasteiger partial charge < -0.3 is 25.6 Å². The summed E-state index contributed by atoms with van der Waals surface area (Å²) in [7, 11) is 0. The number of fused-ring (bicyclic) bond motifs is 1. The second-order valence-electron chi connectivity index (χ2n) is 7.60. The number of aromatic amines is 1. The molecule has 32 heavy (non-hydrogen) atoms. The summed E-state index contributed by atoms with van der Waals surface area (Å²) in [6, 6.07) is 18.1. The third-order valence-corrected chi connectivity index (χ3v) is 5.54. The Morgan fingerprint density at radius 1 is 1.00 bits per heavy atom. The maximum atomic E-state index is 10.9. The lowest BCUT2D eigenvalue weighted by Gasteiger charge is -2.34. The summed E-state index contributed by atoms with van der Waals surface area (Å²) in [5.41, 5.74) is 10.9. The van der Waals surface area contributed by atoms with Crippen LogP contribution in [-0.2, 0) is 0 Å². The van der Waals surface area contributed by atoms with Gasteiger partial charge in [0.15, 0.2) is 0 Å². The van der Waals surface area contributed by atoms with Crippen LogP contribution in [0.4, 0.5) is 16.3 Å². The predicted octanol–water partition coefficient (Wildman–Crippen LogP) is 4.00. The molecule has 0 spiro atoms. The van der Waals surface area contributed by atoms with E-state index in [-0.39, 0.29) is 0 Å². The van der Waals surface area contributed by atoms with Gasteiger partial charge in [-0.25, -0.2) is 14.8 Å². The molecule has 3 heterocycles. The number of hydrogen-bond donors (Lipinski definition) is 3. The van der Waals surface area contributed by atoms with E-state index in [1.165, 1.54) is 16.8 Å². The van der Waals surface area contributed by atoms with Gasteiger partial charge in [-0.3, -0.25) is 0 Å². The van der Waals surface area contributed by atoms with E-state index in [4.69, 9.17) is 10.8 Å². The van der Waals surface area contributed by atoms with Crippen LogP contribution in [0.3, 0.4) is 0 Å². The van der Waals surface area contributed by atoms with E-state index in [0.29, 0.717) is 26.2 Å². The lowest BCUT2D eigenvalue weighted by atomic mass is 10.0. The summed E-state index contributed by atoms with van der Waals surface area (Å²) in [6.07, 6.45) is 2.60. The Morgan fingerprint density at radius 3 is 2.38 bits per heavy atom. The summed E-state index contributed by atoms with van der Waals surface area (Å²) in [6.45, 7) is 4.33. The van der Waals surface area contributed by atoms with Crippen molar-refractivity contribution >= 4 is 28.6 Å². The average molecular weight is 431 g/mol. The van der Waals surface area contributed by atoms with Crippen molar-refractivity contribution in [2.75, 3.05) is 36.8 Å². The maximum Gasteiger partial charge on any atom is 0.407 e. The molecule has 1 fully saturated rings. The van der Waals surface area contributed by atoms with E-state index in [1.807, 2.05) is 55.6 Å². The highest BCUT2D eigenvalue weighted by Crippen LogP contribution is 2.26. The van der Waals surface area contributed by atoms with Crippen molar-refractivity contribution in [3.63, 3.8) is 0 Å². The van der Waals surface area contributed by atoms with Gasteiger partial charge in [-0.05, 0) is 24.1 Å². The van der Waals surface area contributed by atoms with Gasteiger partial charge in [0, 0.05) is 43.6 Å². The van der Waals surface area contributed by atoms with Gasteiger partial charge in [0.1, 0.15) is 17.8 Å². The molecule has 164 valence electrons. The molecule has 1 amide bonds. The first-order valence-electron chi connectivity index (χ1n) is 10.5. The van der Waals surface area contributed by atoms with Crippen molar-refractivity contribution < 1.29 is 9.90 Å². The Balaban J connectivity index is 0.000000165. The fourth-order valence-electron chi connectivity index (χ4n) is 3.82. The largest absolute Gasteiger partial charge is 0.465 e. The Morgan fingerprint density at radius 2 is 1.69 bits per heavy atom. The van der Waals surface area contributed by atoms with Crippen molar-refractivity contribution in [2.45, 2.75) is 6.92 Å². The molecule has 0 saturated carbocycles. The van der Waals surface area contributed by atoms with E-state index in [2.05, 4.69) is 32.0 Å². The van der Waals surface area contributed by atoms with Crippen molar-refractivity contribution in [2.24, 2.45) is 0 Å². The first-order valence-corrected chi connectivity index (χ1v) is 10.5. The number of para-hydroxylation sites is 1. The number of benzene rings is 2. The molecule has 0 radical (unpaired) electrons. The third-order valence-electron chi connectivity index (χ3n) is 5.54. The molecule has 8 nitrogen and oxygen atoms in total. The number of carboxylic acid groups (broad SMARTS) is 1. The normalized spacial score (nSPS) is 13.5. The van der Waals surface area contributed by atoms with Gasteiger partial charge in [-0.15, -0.1) is 0 Å². The highest BCUT2D eigenvalue weighted by molar-refractivity contribution is 5.90. The van der Waals surface area contributed by atoms with Crippen molar-refractivity contribution in [1.29, 1.82) is 0 Å². The second kappa shape index (κ2) is 9.38. The molecule has 1 saturated heterocycles. The predicted molar refractivity (Wildman–Crippen MR) is 127 cm³/mol. The highest BCUT2D eigenvalue weighted by Gasteiger charge is 2.23. The molecule has 2 aromatic carbocycles. The zero-order valence-corrected chi connectivity index (χ0v) is 17.9. The number of amides is 1. The number of anilines is 2. The molecular formula is C24H26N6O2. The number of hydrogen-bond acceptors (Lipinski definition) is 5. The quantitative estimate of drug-likeness (QED) is 0.415. The smallest absolute Gasteiger partial charge is 0.407 e. The Kier molecular flexibility index (Phi) is 6.21. The molecule has 8 heteroatoms. The number of carbonyl (C=O) groups is 1. The summed E-state index contributed by atoms with van der Waals surface area (Å²) < 4.78 is 0. The minimum atomic E-state index is -0.856.